The molecular formula is C30H33F3N4O5S. The molecule has 230 valence electrons. The van der Waals surface area contributed by atoms with E-state index in [9.17, 15) is 27.6 Å². The summed E-state index contributed by atoms with van der Waals surface area (Å²) >= 11 is 1.20. The first kappa shape index (κ1) is 31.8. The lowest BCUT2D eigenvalue weighted by atomic mass is 9.96. The Bertz CT molecular complexity index is 1490. The van der Waals surface area contributed by atoms with Gasteiger partial charge in [0.15, 0.2) is 16.6 Å². The van der Waals surface area contributed by atoms with Gasteiger partial charge in [-0.1, -0.05) is 19.1 Å². The highest BCUT2D eigenvalue weighted by atomic mass is 32.1. The van der Waals surface area contributed by atoms with E-state index in [1.54, 1.807) is 56.3 Å². The average molecular weight is 619 g/mol. The first-order valence-corrected chi connectivity index (χ1v) is 14.6. The van der Waals surface area contributed by atoms with Gasteiger partial charge in [0.25, 0.3) is 11.8 Å². The number of amides is 3. The standard InChI is InChI=1S/C30H33F3N4O5S/c1-5-13-37(28(40)30(31,32)33)21-10-11-22-25(16-21)43-29(35-22)36-27(39)19-8-6-7-18(14-19)17(2)34-26(38)20-9-12-23(41-3)24(15-20)42-4/h6-9,12,14-15,17,21H,5,10-11,13,16H2,1-4H3,(H,34,38)(H,35,36,39). The quantitative estimate of drug-likeness (QED) is 0.308. The van der Waals surface area contributed by atoms with Crippen molar-refractivity contribution in [2.75, 3.05) is 26.1 Å². The van der Waals surface area contributed by atoms with Gasteiger partial charge in [0.05, 0.1) is 26.0 Å². The predicted octanol–water partition coefficient (Wildman–Crippen LogP) is 5.56. The van der Waals surface area contributed by atoms with Gasteiger partial charge < -0.3 is 19.7 Å². The molecule has 43 heavy (non-hydrogen) atoms. The van der Waals surface area contributed by atoms with E-state index in [4.69, 9.17) is 9.47 Å². The van der Waals surface area contributed by atoms with Crippen molar-refractivity contribution in [3.63, 3.8) is 0 Å². The van der Waals surface area contributed by atoms with Crippen LogP contribution in [-0.4, -0.2) is 60.6 Å². The van der Waals surface area contributed by atoms with Crippen LogP contribution in [0.3, 0.4) is 0 Å². The molecule has 2 unspecified atom stereocenters. The molecule has 0 saturated carbocycles. The summed E-state index contributed by atoms with van der Waals surface area (Å²) in [7, 11) is 2.99. The Labute approximate surface area is 251 Å². The normalized spacial score (nSPS) is 15.2. The lowest BCUT2D eigenvalue weighted by Gasteiger charge is -2.34. The van der Waals surface area contributed by atoms with Crippen molar-refractivity contribution in [3.8, 4) is 11.5 Å². The topological polar surface area (TPSA) is 110 Å². The monoisotopic (exact) mass is 618 g/mol. The Morgan fingerprint density at radius 2 is 1.79 bits per heavy atom. The fraction of sp³-hybridized carbons (Fsp3) is 0.400. The number of fused-ring (bicyclic) bond motifs is 1. The molecule has 0 fully saturated rings. The third-order valence-corrected chi connectivity index (χ3v) is 8.22. The fourth-order valence-electron chi connectivity index (χ4n) is 4.99. The van der Waals surface area contributed by atoms with E-state index in [0.29, 0.717) is 58.3 Å². The summed E-state index contributed by atoms with van der Waals surface area (Å²) < 4.78 is 50.0. The Hall–Kier alpha value is -4.13. The van der Waals surface area contributed by atoms with Gasteiger partial charge in [-0.05, 0) is 62.1 Å². The summed E-state index contributed by atoms with van der Waals surface area (Å²) in [6.07, 6.45) is -3.50. The molecule has 3 amide bonds. The maximum Gasteiger partial charge on any atom is 0.471 e. The molecule has 1 aliphatic rings. The summed E-state index contributed by atoms with van der Waals surface area (Å²) in [4.78, 5) is 44.2. The van der Waals surface area contributed by atoms with Gasteiger partial charge in [-0.2, -0.15) is 13.2 Å². The molecule has 0 spiro atoms. The van der Waals surface area contributed by atoms with Gasteiger partial charge in [0, 0.05) is 35.0 Å². The van der Waals surface area contributed by atoms with Crippen LogP contribution in [0, 0.1) is 0 Å². The Kier molecular flexibility index (Phi) is 9.95. The summed E-state index contributed by atoms with van der Waals surface area (Å²) in [6.45, 7) is 3.55. The number of thiazole rings is 1. The van der Waals surface area contributed by atoms with E-state index in [1.807, 2.05) is 0 Å². The van der Waals surface area contributed by atoms with Crippen LogP contribution in [-0.2, 0) is 17.6 Å². The van der Waals surface area contributed by atoms with Gasteiger partial charge in [0.1, 0.15) is 0 Å². The van der Waals surface area contributed by atoms with Crippen molar-refractivity contribution >= 4 is 34.2 Å². The lowest BCUT2D eigenvalue weighted by molar-refractivity contribution is -0.188. The molecule has 2 atom stereocenters. The van der Waals surface area contributed by atoms with E-state index in [1.165, 1.54) is 25.6 Å². The predicted molar refractivity (Wildman–Crippen MR) is 156 cm³/mol. The van der Waals surface area contributed by atoms with E-state index in [0.717, 1.165) is 9.78 Å². The Morgan fingerprint density at radius 3 is 2.47 bits per heavy atom. The first-order chi connectivity index (χ1) is 20.4. The number of carbonyl (C=O) groups excluding carboxylic acids is 3. The van der Waals surface area contributed by atoms with Gasteiger partial charge in [-0.15, -0.1) is 11.3 Å². The molecular weight excluding hydrogens is 585 g/mol. The number of halogens is 3. The number of aromatic nitrogens is 1. The van der Waals surface area contributed by atoms with E-state index in [2.05, 4.69) is 15.6 Å². The maximum atomic E-state index is 13.2. The second-order valence-electron chi connectivity index (χ2n) is 10.1. The Balaban J connectivity index is 1.42. The molecule has 0 saturated heterocycles. The highest BCUT2D eigenvalue weighted by molar-refractivity contribution is 7.15. The summed E-state index contributed by atoms with van der Waals surface area (Å²) in [5.74, 6) is -1.64. The van der Waals surface area contributed by atoms with Crippen LogP contribution < -0.4 is 20.1 Å². The number of benzene rings is 2. The van der Waals surface area contributed by atoms with Crippen molar-refractivity contribution in [3.05, 3.63) is 69.7 Å². The van der Waals surface area contributed by atoms with Gasteiger partial charge in [0.2, 0.25) is 0 Å². The number of nitrogens with one attached hydrogen (secondary N) is 2. The van der Waals surface area contributed by atoms with Crippen molar-refractivity contribution < 1.29 is 37.0 Å². The van der Waals surface area contributed by atoms with Gasteiger partial charge in [-0.3, -0.25) is 19.7 Å². The summed E-state index contributed by atoms with van der Waals surface area (Å²) in [5.41, 5.74) is 2.15. The number of carbonyl (C=O) groups is 3. The van der Waals surface area contributed by atoms with Crippen LogP contribution in [0.15, 0.2) is 42.5 Å². The molecule has 1 aliphatic carbocycles. The summed E-state index contributed by atoms with van der Waals surface area (Å²) in [6, 6.07) is 10.6. The molecule has 0 radical (unpaired) electrons. The largest absolute Gasteiger partial charge is 0.493 e. The SMILES string of the molecule is CCCN(C(=O)C(F)(F)F)C1CCc2nc(NC(=O)c3cccc(C(C)NC(=O)c4ccc(OC)c(OC)c4)c3)sc2C1. The van der Waals surface area contributed by atoms with Crippen molar-refractivity contribution in [1.29, 1.82) is 0 Å². The maximum absolute atomic E-state index is 13.2. The number of alkyl halides is 3. The molecule has 4 rings (SSSR count). The second kappa shape index (κ2) is 13.4. The van der Waals surface area contributed by atoms with E-state index in [-0.39, 0.29) is 18.9 Å². The number of ether oxygens (including phenoxy) is 2. The number of rotatable bonds is 10. The minimum Gasteiger partial charge on any atom is -0.493 e. The molecule has 13 heteroatoms. The van der Waals surface area contributed by atoms with Crippen LogP contribution in [0.2, 0.25) is 0 Å². The number of hydrogen-bond donors (Lipinski definition) is 2. The first-order valence-electron chi connectivity index (χ1n) is 13.8. The Morgan fingerprint density at radius 1 is 1.07 bits per heavy atom. The fourth-order valence-corrected chi connectivity index (χ4v) is 6.06. The minimum atomic E-state index is -4.93. The highest BCUT2D eigenvalue weighted by Crippen LogP contribution is 2.34. The third kappa shape index (κ3) is 7.45. The van der Waals surface area contributed by atoms with Crippen LogP contribution in [0.25, 0.3) is 0 Å². The number of hydrogen-bond acceptors (Lipinski definition) is 7. The zero-order valence-corrected chi connectivity index (χ0v) is 25.0. The molecule has 0 aliphatic heterocycles. The number of anilines is 1. The molecule has 0 bridgehead atoms. The van der Waals surface area contributed by atoms with Crippen molar-refractivity contribution in [2.24, 2.45) is 0 Å². The third-order valence-electron chi connectivity index (χ3n) is 7.18. The smallest absolute Gasteiger partial charge is 0.471 e. The molecule has 3 aromatic rings. The van der Waals surface area contributed by atoms with Crippen LogP contribution in [0.4, 0.5) is 18.3 Å². The van der Waals surface area contributed by atoms with Gasteiger partial charge in [-0.25, -0.2) is 4.98 Å². The minimum absolute atomic E-state index is 0.0181. The van der Waals surface area contributed by atoms with Crippen molar-refractivity contribution in [2.45, 2.75) is 57.8 Å². The molecule has 9 nitrogen and oxygen atoms in total. The van der Waals surface area contributed by atoms with Gasteiger partial charge >= 0.3 is 12.1 Å². The lowest BCUT2D eigenvalue weighted by Crippen LogP contribution is -2.49. The van der Waals surface area contributed by atoms with E-state index < -0.39 is 30.1 Å². The molecule has 1 aromatic heterocycles. The number of nitrogens with zero attached hydrogens (tertiary/aromatic N) is 2. The number of aryl methyl sites for hydroxylation is 1. The zero-order chi connectivity index (χ0) is 31.3. The van der Waals surface area contributed by atoms with Crippen molar-refractivity contribution in [1.82, 2.24) is 15.2 Å². The summed E-state index contributed by atoms with van der Waals surface area (Å²) in [5, 5.41) is 6.03. The van der Waals surface area contributed by atoms with Crippen LogP contribution in [0.1, 0.15) is 69.6 Å². The zero-order valence-electron chi connectivity index (χ0n) is 24.2. The van der Waals surface area contributed by atoms with Crippen LogP contribution in [0.5, 0.6) is 11.5 Å². The van der Waals surface area contributed by atoms with Crippen LogP contribution >= 0.6 is 11.3 Å². The highest BCUT2D eigenvalue weighted by Gasteiger charge is 2.45. The molecule has 2 aromatic carbocycles. The second-order valence-corrected chi connectivity index (χ2v) is 11.2. The number of methoxy groups -OCH3 is 2. The molecule has 2 N–H and O–H groups in total. The van der Waals surface area contributed by atoms with E-state index >= 15 is 0 Å². The molecule has 1 heterocycles. The average Bonchev–Trinajstić information content (AvgIpc) is 3.40.